The number of carboxylic acids is 1. The molecule has 1 atom stereocenters. The van der Waals surface area contributed by atoms with Crippen LogP contribution in [0.1, 0.15) is 12.0 Å². The first-order valence-electron chi connectivity index (χ1n) is 6.51. The molecular weight excluding hydrogens is 258 g/mol. The van der Waals surface area contributed by atoms with Gasteiger partial charge in [0, 0.05) is 0 Å². The Morgan fingerprint density at radius 1 is 1.20 bits per heavy atom. The minimum Gasteiger partial charge on any atom is -0.481 e. The number of carbonyl (C=O) groups is 2. The number of rotatable bonds is 7. The molecule has 20 heavy (non-hydrogen) atoms. The summed E-state index contributed by atoms with van der Waals surface area (Å²) < 4.78 is 5.60. The minimum atomic E-state index is -0.963. The fourth-order valence-electron chi connectivity index (χ4n) is 1.89. The van der Waals surface area contributed by atoms with Gasteiger partial charge in [0.15, 0.2) is 0 Å². The monoisotopic (exact) mass is 280 g/mol. The maximum atomic E-state index is 11.7. The lowest BCUT2D eigenvalue weighted by Gasteiger charge is -2.26. The zero-order valence-corrected chi connectivity index (χ0v) is 12.2. The number of nitrogens with zero attached hydrogens (tertiary/aromatic N) is 1. The predicted octanol–water partition coefficient (Wildman–Crippen LogP) is 1.53. The van der Waals surface area contributed by atoms with Crippen molar-refractivity contribution in [3.05, 3.63) is 35.9 Å². The van der Waals surface area contributed by atoms with Gasteiger partial charge in [0.05, 0.1) is 34.1 Å². The largest absolute Gasteiger partial charge is 0.481 e. The molecule has 0 radical (unpaired) electrons. The van der Waals surface area contributed by atoms with E-state index in [1.165, 1.54) is 0 Å². The number of hydrogen-bond donors (Lipinski definition) is 1. The molecule has 1 aromatic rings. The summed E-state index contributed by atoms with van der Waals surface area (Å²) in [5.41, 5.74) is 0.888. The third-order valence-corrected chi connectivity index (χ3v) is 2.77. The molecular formula is C15H22NO4+. The highest BCUT2D eigenvalue weighted by molar-refractivity contribution is 5.78. The van der Waals surface area contributed by atoms with E-state index in [-0.39, 0.29) is 13.0 Å². The molecule has 5 nitrogen and oxygen atoms in total. The smallest absolute Gasteiger partial charge is 0.312 e. The first-order chi connectivity index (χ1) is 9.28. The lowest BCUT2D eigenvalue weighted by atomic mass is 10.1. The number of ether oxygens (including phenoxy) is 1. The number of quaternary nitrogens is 1. The second kappa shape index (κ2) is 7.05. The van der Waals surface area contributed by atoms with E-state index in [1.54, 1.807) is 0 Å². The van der Waals surface area contributed by atoms with E-state index in [0.29, 0.717) is 11.0 Å². The topological polar surface area (TPSA) is 63.6 Å². The first kappa shape index (κ1) is 16.2. The van der Waals surface area contributed by atoms with Crippen LogP contribution in [0.4, 0.5) is 0 Å². The molecule has 1 N–H and O–H groups in total. The molecule has 0 aliphatic rings. The maximum absolute atomic E-state index is 11.7. The van der Waals surface area contributed by atoms with Crippen LogP contribution in [0.15, 0.2) is 30.3 Å². The Morgan fingerprint density at radius 3 is 2.30 bits per heavy atom. The van der Waals surface area contributed by atoms with Gasteiger partial charge in [-0.25, -0.2) is 0 Å². The zero-order valence-electron chi connectivity index (χ0n) is 12.2. The molecule has 0 unspecified atom stereocenters. The summed E-state index contributed by atoms with van der Waals surface area (Å²) >= 11 is 0. The summed E-state index contributed by atoms with van der Waals surface area (Å²) in [5.74, 6) is -2.16. The van der Waals surface area contributed by atoms with Crippen LogP contribution in [-0.4, -0.2) is 49.2 Å². The Balaban J connectivity index is 2.48. The average molecular weight is 280 g/mol. The Morgan fingerprint density at radius 2 is 1.80 bits per heavy atom. The molecule has 0 aliphatic carbocycles. The van der Waals surface area contributed by atoms with Gasteiger partial charge in [-0.1, -0.05) is 30.3 Å². The zero-order chi connectivity index (χ0) is 15.2. The van der Waals surface area contributed by atoms with Crippen LogP contribution in [-0.2, 0) is 20.9 Å². The van der Waals surface area contributed by atoms with Gasteiger partial charge < -0.3 is 14.3 Å². The number of benzene rings is 1. The molecule has 5 heteroatoms. The molecule has 0 aromatic heterocycles. The second-order valence-corrected chi connectivity index (χ2v) is 5.86. The summed E-state index contributed by atoms with van der Waals surface area (Å²) in [6, 6.07) is 9.32. The van der Waals surface area contributed by atoms with Gasteiger partial charge in [-0.3, -0.25) is 9.59 Å². The molecule has 0 saturated carbocycles. The minimum absolute atomic E-state index is 0.0995. The van der Waals surface area contributed by atoms with E-state index in [1.807, 2.05) is 51.5 Å². The quantitative estimate of drug-likeness (QED) is 0.607. The number of carboxylic acid groups (broad SMARTS) is 1. The lowest BCUT2D eigenvalue weighted by Crippen LogP contribution is -2.42. The molecule has 0 fully saturated rings. The van der Waals surface area contributed by atoms with Crippen molar-refractivity contribution < 1.29 is 23.9 Å². The summed E-state index contributed by atoms with van der Waals surface area (Å²) in [4.78, 5) is 22.9. The van der Waals surface area contributed by atoms with Crippen LogP contribution in [0.5, 0.6) is 0 Å². The van der Waals surface area contributed by atoms with Crippen LogP contribution in [0.3, 0.4) is 0 Å². The number of esters is 1. The van der Waals surface area contributed by atoms with Gasteiger partial charge in [-0.05, 0) is 5.56 Å². The van der Waals surface area contributed by atoms with Crippen LogP contribution < -0.4 is 0 Å². The third-order valence-electron chi connectivity index (χ3n) is 2.77. The summed E-state index contributed by atoms with van der Waals surface area (Å²) in [7, 11) is 5.68. The fraction of sp³-hybridized carbons (Fsp3) is 0.467. The van der Waals surface area contributed by atoms with Crippen molar-refractivity contribution in [2.45, 2.75) is 13.0 Å². The van der Waals surface area contributed by atoms with Gasteiger partial charge >= 0.3 is 11.9 Å². The van der Waals surface area contributed by atoms with E-state index < -0.39 is 17.9 Å². The highest BCUT2D eigenvalue weighted by Gasteiger charge is 2.28. The molecule has 0 saturated heterocycles. The SMILES string of the molecule is C[N+](C)(C)C[C@@H](CC(=O)OCc1ccccc1)C(=O)O. The fourth-order valence-corrected chi connectivity index (χ4v) is 1.89. The summed E-state index contributed by atoms with van der Waals surface area (Å²) in [6.07, 6.45) is -0.0995. The van der Waals surface area contributed by atoms with E-state index in [4.69, 9.17) is 9.84 Å². The van der Waals surface area contributed by atoms with Crippen molar-refractivity contribution in [1.29, 1.82) is 0 Å². The first-order valence-corrected chi connectivity index (χ1v) is 6.51. The molecule has 0 spiro atoms. The number of aliphatic carboxylic acids is 1. The molecule has 0 amide bonds. The number of hydrogen-bond acceptors (Lipinski definition) is 3. The van der Waals surface area contributed by atoms with Crippen molar-refractivity contribution in [3.63, 3.8) is 0 Å². The normalized spacial score (nSPS) is 12.8. The van der Waals surface area contributed by atoms with Crippen molar-refractivity contribution in [1.82, 2.24) is 0 Å². The van der Waals surface area contributed by atoms with Gasteiger partial charge in [-0.15, -0.1) is 0 Å². The van der Waals surface area contributed by atoms with Gasteiger partial charge in [0.25, 0.3) is 0 Å². The van der Waals surface area contributed by atoms with Gasteiger partial charge in [0.2, 0.25) is 0 Å². The Labute approximate surface area is 119 Å². The van der Waals surface area contributed by atoms with Crippen molar-refractivity contribution in [2.75, 3.05) is 27.7 Å². The van der Waals surface area contributed by atoms with Crippen LogP contribution in [0.2, 0.25) is 0 Å². The van der Waals surface area contributed by atoms with Crippen molar-refractivity contribution in [2.24, 2.45) is 5.92 Å². The molecule has 1 aromatic carbocycles. The molecule has 0 aliphatic heterocycles. The van der Waals surface area contributed by atoms with Crippen molar-refractivity contribution >= 4 is 11.9 Å². The maximum Gasteiger partial charge on any atom is 0.312 e. The Bertz CT molecular complexity index is 451. The molecule has 0 heterocycles. The van der Waals surface area contributed by atoms with Crippen LogP contribution in [0, 0.1) is 5.92 Å². The predicted molar refractivity (Wildman–Crippen MR) is 74.9 cm³/mol. The average Bonchev–Trinajstić information content (AvgIpc) is 2.35. The van der Waals surface area contributed by atoms with E-state index >= 15 is 0 Å². The van der Waals surface area contributed by atoms with E-state index in [0.717, 1.165) is 5.56 Å². The van der Waals surface area contributed by atoms with Gasteiger partial charge in [0.1, 0.15) is 12.5 Å². The molecule has 1 rings (SSSR count). The van der Waals surface area contributed by atoms with Gasteiger partial charge in [-0.2, -0.15) is 0 Å². The lowest BCUT2D eigenvalue weighted by molar-refractivity contribution is -0.872. The Kier molecular flexibility index (Phi) is 5.70. The van der Waals surface area contributed by atoms with Crippen LogP contribution in [0.25, 0.3) is 0 Å². The standard InChI is InChI=1S/C15H21NO4/c1-16(2,3)10-13(15(18)19)9-14(17)20-11-12-7-5-4-6-8-12/h4-8,13H,9-11H2,1-3H3/p+1/t13-/m1/s1. The highest BCUT2D eigenvalue weighted by atomic mass is 16.5. The summed E-state index contributed by atoms with van der Waals surface area (Å²) in [5, 5.41) is 9.15. The van der Waals surface area contributed by atoms with Crippen molar-refractivity contribution in [3.8, 4) is 0 Å². The molecule has 0 bridgehead atoms. The molecule has 110 valence electrons. The van der Waals surface area contributed by atoms with E-state index in [2.05, 4.69) is 0 Å². The highest BCUT2D eigenvalue weighted by Crippen LogP contribution is 2.11. The second-order valence-electron chi connectivity index (χ2n) is 5.86. The summed E-state index contributed by atoms with van der Waals surface area (Å²) in [6.45, 7) is 0.562. The Hall–Kier alpha value is -1.88. The third kappa shape index (κ3) is 6.33. The van der Waals surface area contributed by atoms with Crippen LogP contribution >= 0.6 is 0 Å². The van der Waals surface area contributed by atoms with E-state index in [9.17, 15) is 9.59 Å². The number of carbonyl (C=O) groups excluding carboxylic acids is 1.